The largest absolute Gasteiger partial charge is 0.345 e. The van der Waals surface area contributed by atoms with Crippen LogP contribution in [0.2, 0.25) is 0 Å². The van der Waals surface area contributed by atoms with Crippen LogP contribution in [0.5, 0.6) is 0 Å². The molecule has 9 nitrogen and oxygen atoms in total. The average Bonchev–Trinajstić information content (AvgIpc) is 3.27. The molecule has 160 valence electrons. The molecule has 1 aromatic heterocycles. The van der Waals surface area contributed by atoms with Crippen molar-refractivity contribution in [2.75, 3.05) is 20.6 Å². The first-order valence-corrected chi connectivity index (χ1v) is 9.70. The van der Waals surface area contributed by atoms with Crippen molar-refractivity contribution in [1.29, 1.82) is 0 Å². The summed E-state index contributed by atoms with van der Waals surface area (Å²) in [6, 6.07) is 14.8. The van der Waals surface area contributed by atoms with Gasteiger partial charge in [0.15, 0.2) is 5.69 Å². The second kappa shape index (κ2) is 9.21. The van der Waals surface area contributed by atoms with E-state index in [4.69, 9.17) is 0 Å². The summed E-state index contributed by atoms with van der Waals surface area (Å²) in [5.41, 5.74) is 2.17. The van der Waals surface area contributed by atoms with E-state index in [2.05, 4.69) is 5.10 Å². The number of rotatable bonds is 7. The van der Waals surface area contributed by atoms with Gasteiger partial charge in [-0.25, -0.2) is 4.68 Å². The van der Waals surface area contributed by atoms with Gasteiger partial charge in [-0.05, 0) is 36.8 Å². The lowest BCUT2D eigenvalue weighted by atomic mass is 10.1. The van der Waals surface area contributed by atoms with Gasteiger partial charge in [0, 0.05) is 51.1 Å². The number of carbonyl (C=O) groups is 2. The number of nitrogens with zero attached hydrogens (tertiary/aromatic N) is 5. The summed E-state index contributed by atoms with van der Waals surface area (Å²) < 4.78 is 1.44. The molecule has 0 spiro atoms. The Morgan fingerprint density at radius 3 is 2.39 bits per heavy atom. The fourth-order valence-electron chi connectivity index (χ4n) is 3.05. The summed E-state index contributed by atoms with van der Waals surface area (Å²) in [6.07, 6.45) is 1.60. The summed E-state index contributed by atoms with van der Waals surface area (Å²) in [6.45, 7) is 2.72. The zero-order chi connectivity index (χ0) is 22.5. The van der Waals surface area contributed by atoms with Crippen molar-refractivity contribution in [2.45, 2.75) is 13.5 Å². The maximum Gasteiger partial charge on any atom is 0.274 e. The Morgan fingerprint density at radius 1 is 1.06 bits per heavy atom. The Morgan fingerprint density at radius 2 is 1.77 bits per heavy atom. The molecule has 31 heavy (non-hydrogen) atoms. The highest BCUT2D eigenvalue weighted by Crippen LogP contribution is 2.17. The van der Waals surface area contributed by atoms with E-state index in [1.807, 2.05) is 19.1 Å². The molecule has 0 bridgehead atoms. The molecule has 0 N–H and O–H groups in total. The number of amides is 2. The van der Waals surface area contributed by atoms with E-state index in [0.29, 0.717) is 24.3 Å². The molecule has 1 heterocycles. The number of carbonyl (C=O) groups excluding carboxylic acids is 2. The molecular weight excluding hydrogens is 398 g/mol. The molecule has 0 saturated heterocycles. The topological polar surface area (TPSA) is 102 Å². The van der Waals surface area contributed by atoms with Crippen molar-refractivity contribution < 1.29 is 14.5 Å². The van der Waals surface area contributed by atoms with Gasteiger partial charge in [-0.15, -0.1) is 0 Å². The van der Waals surface area contributed by atoms with Crippen LogP contribution >= 0.6 is 0 Å². The third kappa shape index (κ3) is 4.95. The van der Waals surface area contributed by atoms with Crippen LogP contribution in [-0.2, 0) is 6.54 Å². The van der Waals surface area contributed by atoms with E-state index in [0.717, 1.165) is 5.56 Å². The Labute approximate surface area is 179 Å². The van der Waals surface area contributed by atoms with Crippen LogP contribution in [0, 0.1) is 10.1 Å². The zero-order valence-corrected chi connectivity index (χ0v) is 17.6. The highest BCUT2D eigenvalue weighted by Gasteiger charge is 2.18. The fraction of sp³-hybridized carbons (Fsp3) is 0.227. The van der Waals surface area contributed by atoms with Crippen LogP contribution in [0.3, 0.4) is 0 Å². The van der Waals surface area contributed by atoms with Gasteiger partial charge < -0.3 is 9.80 Å². The molecule has 0 radical (unpaired) electrons. The standard InChI is InChI=1S/C22H23N5O4/c1-4-25(15-16-8-10-17(11-9-16)21(28)24(2)3)22(29)20-12-13-26(23-20)18-6-5-7-19(14-18)27(30)31/h5-14H,4,15H2,1-3H3. The highest BCUT2D eigenvalue weighted by atomic mass is 16.6. The van der Waals surface area contributed by atoms with Gasteiger partial charge >= 0.3 is 0 Å². The summed E-state index contributed by atoms with van der Waals surface area (Å²) in [7, 11) is 3.39. The molecule has 2 aromatic carbocycles. The summed E-state index contributed by atoms with van der Waals surface area (Å²) in [5, 5.41) is 15.3. The van der Waals surface area contributed by atoms with Gasteiger partial charge in [0.1, 0.15) is 0 Å². The lowest BCUT2D eigenvalue weighted by molar-refractivity contribution is -0.384. The fourth-order valence-corrected chi connectivity index (χ4v) is 3.05. The molecule has 0 unspecified atom stereocenters. The van der Waals surface area contributed by atoms with Crippen LogP contribution in [0.25, 0.3) is 5.69 Å². The molecule has 2 amide bonds. The van der Waals surface area contributed by atoms with E-state index in [1.165, 1.54) is 21.7 Å². The van der Waals surface area contributed by atoms with Crippen LogP contribution in [0.15, 0.2) is 60.8 Å². The molecule has 3 rings (SSSR count). The quantitative estimate of drug-likeness (QED) is 0.431. The van der Waals surface area contributed by atoms with E-state index >= 15 is 0 Å². The van der Waals surface area contributed by atoms with E-state index < -0.39 is 4.92 Å². The SMILES string of the molecule is CCN(Cc1ccc(C(=O)N(C)C)cc1)C(=O)c1ccn(-c2cccc([N+](=O)[O-])c2)n1. The molecular formula is C22H23N5O4. The first-order valence-electron chi connectivity index (χ1n) is 9.70. The normalized spacial score (nSPS) is 10.5. The predicted molar refractivity (Wildman–Crippen MR) is 115 cm³/mol. The Balaban J connectivity index is 1.75. The zero-order valence-electron chi connectivity index (χ0n) is 17.6. The lowest BCUT2D eigenvalue weighted by Gasteiger charge is -2.20. The lowest BCUT2D eigenvalue weighted by Crippen LogP contribution is -2.30. The van der Waals surface area contributed by atoms with Crippen LogP contribution in [0.4, 0.5) is 5.69 Å². The molecule has 0 aliphatic rings. The number of hydrogen-bond donors (Lipinski definition) is 0. The van der Waals surface area contributed by atoms with Crippen LogP contribution in [0.1, 0.15) is 33.3 Å². The number of nitro benzene ring substituents is 1. The molecule has 9 heteroatoms. The third-order valence-corrected chi connectivity index (χ3v) is 4.76. The maximum atomic E-state index is 12.9. The van der Waals surface area contributed by atoms with Crippen LogP contribution < -0.4 is 0 Å². The molecule has 0 saturated carbocycles. The molecule has 0 fully saturated rings. The molecule has 3 aromatic rings. The number of hydrogen-bond acceptors (Lipinski definition) is 5. The Bertz CT molecular complexity index is 1110. The van der Waals surface area contributed by atoms with Gasteiger partial charge in [0.2, 0.25) is 0 Å². The maximum absolute atomic E-state index is 12.9. The van der Waals surface area contributed by atoms with Gasteiger partial charge in [-0.1, -0.05) is 18.2 Å². The van der Waals surface area contributed by atoms with E-state index in [-0.39, 0.29) is 23.2 Å². The number of benzene rings is 2. The van der Waals surface area contributed by atoms with Gasteiger partial charge in [0.25, 0.3) is 17.5 Å². The van der Waals surface area contributed by atoms with E-state index in [1.54, 1.807) is 55.5 Å². The summed E-state index contributed by atoms with van der Waals surface area (Å²) in [4.78, 5) is 38.6. The van der Waals surface area contributed by atoms with Gasteiger partial charge in [-0.3, -0.25) is 19.7 Å². The average molecular weight is 421 g/mol. The first-order chi connectivity index (χ1) is 14.8. The first kappa shape index (κ1) is 21.7. The minimum Gasteiger partial charge on any atom is -0.345 e. The minimum absolute atomic E-state index is 0.0488. The van der Waals surface area contributed by atoms with Crippen molar-refractivity contribution in [3.05, 3.63) is 87.7 Å². The van der Waals surface area contributed by atoms with Gasteiger partial charge in [-0.2, -0.15) is 5.10 Å². The number of non-ortho nitro benzene ring substituents is 1. The van der Waals surface area contributed by atoms with E-state index in [9.17, 15) is 19.7 Å². The second-order valence-corrected chi connectivity index (χ2v) is 7.14. The molecule has 0 atom stereocenters. The smallest absolute Gasteiger partial charge is 0.274 e. The summed E-state index contributed by atoms with van der Waals surface area (Å²) >= 11 is 0. The van der Waals surface area contributed by atoms with Crippen molar-refractivity contribution in [3.8, 4) is 5.69 Å². The monoisotopic (exact) mass is 421 g/mol. The highest BCUT2D eigenvalue weighted by molar-refractivity contribution is 5.94. The van der Waals surface area contributed by atoms with Crippen molar-refractivity contribution in [3.63, 3.8) is 0 Å². The van der Waals surface area contributed by atoms with Gasteiger partial charge in [0.05, 0.1) is 10.6 Å². The minimum atomic E-state index is -0.477. The number of nitro groups is 1. The predicted octanol–water partition coefficient (Wildman–Crippen LogP) is 3.14. The Hall–Kier alpha value is -4.01. The molecule has 0 aliphatic heterocycles. The third-order valence-electron chi connectivity index (χ3n) is 4.76. The Kier molecular flexibility index (Phi) is 6.44. The second-order valence-electron chi connectivity index (χ2n) is 7.14. The molecule has 0 aliphatic carbocycles. The summed E-state index contributed by atoms with van der Waals surface area (Å²) in [5.74, 6) is -0.332. The van der Waals surface area contributed by atoms with Crippen molar-refractivity contribution in [1.82, 2.24) is 19.6 Å². The van der Waals surface area contributed by atoms with Crippen molar-refractivity contribution >= 4 is 17.5 Å². The van der Waals surface area contributed by atoms with Crippen molar-refractivity contribution in [2.24, 2.45) is 0 Å². The van der Waals surface area contributed by atoms with Crippen LogP contribution in [-0.4, -0.2) is 57.0 Å². The number of aromatic nitrogens is 2.